The zero-order valence-corrected chi connectivity index (χ0v) is 9.75. The third-order valence-electron chi connectivity index (χ3n) is 2.30. The number of aliphatic carboxylic acids is 2. The molecule has 0 spiro atoms. The smallest absolute Gasteiger partial charge is 0.326 e. The van der Waals surface area contributed by atoms with Gasteiger partial charge in [-0.15, -0.1) is 0 Å². The summed E-state index contributed by atoms with van der Waals surface area (Å²) in [6, 6.07) is 1.07. The highest BCUT2D eigenvalue weighted by Crippen LogP contribution is 2.01. The van der Waals surface area contributed by atoms with E-state index in [0.29, 0.717) is 0 Å². The number of amides is 1. The average molecular weight is 268 g/mol. The van der Waals surface area contributed by atoms with E-state index in [1.54, 1.807) is 0 Å². The van der Waals surface area contributed by atoms with Crippen LogP contribution in [0, 0.1) is 0 Å². The van der Waals surface area contributed by atoms with Gasteiger partial charge in [0.05, 0.1) is 5.56 Å². The van der Waals surface area contributed by atoms with Gasteiger partial charge in [0.2, 0.25) is 5.56 Å². The van der Waals surface area contributed by atoms with E-state index in [-0.39, 0.29) is 18.4 Å². The van der Waals surface area contributed by atoms with E-state index in [1.807, 2.05) is 0 Å². The lowest BCUT2D eigenvalue weighted by Gasteiger charge is -2.13. The van der Waals surface area contributed by atoms with Gasteiger partial charge in [0, 0.05) is 18.7 Å². The molecule has 8 heteroatoms. The highest BCUT2D eigenvalue weighted by molar-refractivity contribution is 5.96. The fraction of sp³-hybridized carbons (Fsp3) is 0.273. The van der Waals surface area contributed by atoms with Crippen LogP contribution in [-0.2, 0) is 9.59 Å². The maximum absolute atomic E-state index is 11.7. The lowest BCUT2D eigenvalue weighted by atomic mass is 10.1. The molecule has 1 heterocycles. The molecule has 0 bridgehead atoms. The molecular formula is C11H12N2O6. The second-order valence-electron chi connectivity index (χ2n) is 3.74. The Hall–Kier alpha value is -2.64. The molecule has 1 aromatic heterocycles. The molecule has 0 radical (unpaired) electrons. The summed E-state index contributed by atoms with van der Waals surface area (Å²) in [6.45, 7) is 0. The Bertz CT molecular complexity index is 530. The zero-order chi connectivity index (χ0) is 14.4. The summed E-state index contributed by atoms with van der Waals surface area (Å²) in [5, 5.41) is 19.5. The fourth-order valence-electron chi connectivity index (χ4n) is 1.32. The number of carboxylic acid groups (broad SMARTS) is 2. The van der Waals surface area contributed by atoms with Crippen LogP contribution in [0.1, 0.15) is 23.2 Å². The first-order valence-corrected chi connectivity index (χ1v) is 5.34. The van der Waals surface area contributed by atoms with Crippen molar-refractivity contribution in [1.82, 2.24) is 10.3 Å². The summed E-state index contributed by atoms with van der Waals surface area (Å²) in [7, 11) is 0. The first-order valence-electron chi connectivity index (χ1n) is 5.34. The highest BCUT2D eigenvalue weighted by atomic mass is 16.4. The van der Waals surface area contributed by atoms with Gasteiger partial charge in [-0.05, 0) is 12.5 Å². The Balaban J connectivity index is 2.70. The van der Waals surface area contributed by atoms with Gasteiger partial charge in [0.1, 0.15) is 6.04 Å². The molecule has 0 aliphatic heterocycles. The summed E-state index contributed by atoms with van der Waals surface area (Å²) in [4.78, 5) is 46.0. The van der Waals surface area contributed by atoms with Crippen LogP contribution < -0.4 is 10.9 Å². The summed E-state index contributed by atoms with van der Waals surface area (Å²) in [5.41, 5.74) is -0.307. The molecule has 8 nitrogen and oxygen atoms in total. The van der Waals surface area contributed by atoms with E-state index in [2.05, 4.69) is 10.3 Å². The van der Waals surface area contributed by atoms with E-state index >= 15 is 0 Å². The molecule has 1 amide bonds. The number of rotatable bonds is 6. The molecular weight excluding hydrogens is 256 g/mol. The van der Waals surface area contributed by atoms with Crippen molar-refractivity contribution in [2.24, 2.45) is 0 Å². The maximum Gasteiger partial charge on any atom is 0.326 e. The minimum Gasteiger partial charge on any atom is -0.481 e. The summed E-state index contributed by atoms with van der Waals surface area (Å²) in [5.74, 6) is -3.17. The van der Waals surface area contributed by atoms with E-state index < -0.39 is 29.4 Å². The Morgan fingerprint density at radius 1 is 1.26 bits per heavy atom. The van der Waals surface area contributed by atoms with E-state index in [9.17, 15) is 19.2 Å². The molecule has 19 heavy (non-hydrogen) atoms. The molecule has 0 aromatic carbocycles. The van der Waals surface area contributed by atoms with Gasteiger partial charge < -0.3 is 20.5 Å². The second-order valence-corrected chi connectivity index (χ2v) is 3.74. The number of aromatic nitrogens is 1. The molecule has 1 unspecified atom stereocenters. The van der Waals surface area contributed by atoms with Gasteiger partial charge in [-0.3, -0.25) is 14.4 Å². The van der Waals surface area contributed by atoms with Crippen molar-refractivity contribution in [3.8, 4) is 0 Å². The molecule has 102 valence electrons. The zero-order valence-electron chi connectivity index (χ0n) is 9.75. The van der Waals surface area contributed by atoms with Gasteiger partial charge >= 0.3 is 11.9 Å². The summed E-state index contributed by atoms with van der Waals surface area (Å²) < 4.78 is 0. The van der Waals surface area contributed by atoms with Crippen molar-refractivity contribution in [2.75, 3.05) is 0 Å². The number of pyridine rings is 1. The third-order valence-corrected chi connectivity index (χ3v) is 2.30. The number of carbonyl (C=O) groups excluding carboxylic acids is 1. The number of carbonyl (C=O) groups is 3. The average Bonchev–Trinajstić information content (AvgIpc) is 2.34. The molecule has 0 aliphatic carbocycles. The Morgan fingerprint density at radius 2 is 1.95 bits per heavy atom. The van der Waals surface area contributed by atoms with Crippen molar-refractivity contribution in [3.05, 3.63) is 34.2 Å². The molecule has 1 aromatic rings. The minimum atomic E-state index is -1.32. The SMILES string of the molecule is O=C(O)CCC(NC(=O)c1ccc(=O)[nH]c1)C(=O)O. The normalized spacial score (nSPS) is 11.6. The predicted molar refractivity (Wildman–Crippen MR) is 62.8 cm³/mol. The first kappa shape index (κ1) is 14.4. The molecule has 0 fully saturated rings. The largest absolute Gasteiger partial charge is 0.481 e. The molecule has 0 saturated carbocycles. The molecule has 0 saturated heterocycles. The first-order chi connectivity index (χ1) is 8.90. The van der Waals surface area contributed by atoms with Crippen LogP contribution >= 0.6 is 0 Å². The number of hydrogen-bond donors (Lipinski definition) is 4. The fourth-order valence-corrected chi connectivity index (χ4v) is 1.32. The van der Waals surface area contributed by atoms with Gasteiger partial charge in [-0.2, -0.15) is 0 Å². The van der Waals surface area contributed by atoms with Crippen molar-refractivity contribution in [2.45, 2.75) is 18.9 Å². The van der Waals surface area contributed by atoms with Crippen LogP contribution in [0.5, 0.6) is 0 Å². The number of nitrogens with one attached hydrogen (secondary N) is 2. The maximum atomic E-state index is 11.7. The number of aromatic amines is 1. The number of carboxylic acids is 2. The molecule has 0 aliphatic rings. The Morgan fingerprint density at radius 3 is 2.42 bits per heavy atom. The molecule has 1 rings (SSSR count). The quantitative estimate of drug-likeness (QED) is 0.545. The van der Waals surface area contributed by atoms with Gasteiger partial charge in [-0.25, -0.2) is 4.79 Å². The van der Waals surface area contributed by atoms with Crippen molar-refractivity contribution < 1.29 is 24.6 Å². The monoisotopic (exact) mass is 268 g/mol. The van der Waals surface area contributed by atoms with Crippen LogP contribution in [0.4, 0.5) is 0 Å². The molecule has 1 atom stereocenters. The minimum absolute atomic E-state index is 0.0844. The van der Waals surface area contributed by atoms with Crippen molar-refractivity contribution in [3.63, 3.8) is 0 Å². The highest BCUT2D eigenvalue weighted by Gasteiger charge is 2.21. The van der Waals surface area contributed by atoms with Gasteiger partial charge in [0.15, 0.2) is 0 Å². The third kappa shape index (κ3) is 4.62. The lowest BCUT2D eigenvalue weighted by molar-refractivity contribution is -0.140. The topological polar surface area (TPSA) is 137 Å². The van der Waals surface area contributed by atoms with Crippen molar-refractivity contribution in [1.29, 1.82) is 0 Å². The summed E-state index contributed by atoms with van der Waals surface area (Å²) >= 11 is 0. The van der Waals surface area contributed by atoms with Crippen LogP contribution in [-0.4, -0.2) is 39.1 Å². The second kappa shape index (κ2) is 6.34. The van der Waals surface area contributed by atoms with Gasteiger partial charge in [0.25, 0.3) is 5.91 Å². The number of hydrogen-bond acceptors (Lipinski definition) is 4. The Kier molecular flexibility index (Phi) is 4.81. The van der Waals surface area contributed by atoms with Crippen LogP contribution in [0.25, 0.3) is 0 Å². The summed E-state index contributed by atoms with van der Waals surface area (Å²) in [6.07, 6.45) is 0.552. The van der Waals surface area contributed by atoms with Gasteiger partial charge in [-0.1, -0.05) is 0 Å². The predicted octanol–water partition coefficient (Wildman–Crippen LogP) is -0.577. The van der Waals surface area contributed by atoms with Crippen LogP contribution in [0.2, 0.25) is 0 Å². The van der Waals surface area contributed by atoms with Crippen LogP contribution in [0.3, 0.4) is 0 Å². The van der Waals surface area contributed by atoms with E-state index in [4.69, 9.17) is 10.2 Å². The lowest BCUT2D eigenvalue weighted by Crippen LogP contribution is -2.41. The van der Waals surface area contributed by atoms with E-state index in [0.717, 1.165) is 12.3 Å². The van der Waals surface area contributed by atoms with Crippen molar-refractivity contribution >= 4 is 17.8 Å². The standard InChI is InChI=1S/C11H12N2O6/c14-8-3-1-6(5-12-8)10(17)13-7(11(18)19)2-4-9(15)16/h1,3,5,7H,2,4H2,(H,12,14)(H,13,17)(H,15,16)(H,18,19). The Labute approximate surface area is 107 Å². The number of H-pyrrole nitrogens is 1. The molecule has 4 N–H and O–H groups in total. The van der Waals surface area contributed by atoms with E-state index in [1.165, 1.54) is 6.07 Å². The van der Waals surface area contributed by atoms with Crippen LogP contribution in [0.15, 0.2) is 23.1 Å².